The molecule has 12 heteroatoms. The highest BCUT2D eigenvalue weighted by Gasteiger charge is 2.32. The average molecular weight is 540 g/mol. The Labute approximate surface area is 226 Å². The third kappa shape index (κ3) is 10.1. The number of allylic oxidation sites excluding steroid dienone is 2. The first-order valence-corrected chi connectivity index (χ1v) is 12.4. The van der Waals surface area contributed by atoms with E-state index in [2.05, 4.69) is 27.3 Å². The summed E-state index contributed by atoms with van der Waals surface area (Å²) < 4.78 is 4.91. The summed E-state index contributed by atoms with van der Waals surface area (Å²) in [5.41, 5.74) is 1.83. The van der Waals surface area contributed by atoms with E-state index in [-0.39, 0.29) is 35.5 Å². The van der Waals surface area contributed by atoms with Gasteiger partial charge >= 0.3 is 5.97 Å². The van der Waals surface area contributed by atoms with Gasteiger partial charge in [-0.2, -0.15) is 0 Å². The molecule has 1 aliphatic carbocycles. The molecule has 0 bridgehead atoms. The maximum absolute atomic E-state index is 12.3. The summed E-state index contributed by atoms with van der Waals surface area (Å²) in [6, 6.07) is 6.83. The predicted molar refractivity (Wildman–Crippen MR) is 147 cm³/mol. The van der Waals surface area contributed by atoms with Gasteiger partial charge in [0.25, 0.3) is 5.70 Å². The Bertz CT molecular complexity index is 1170. The number of anilines is 1. The monoisotopic (exact) mass is 539 g/mol. The molecule has 12 nitrogen and oxygen atoms in total. The van der Waals surface area contributed by atoms with Crippen LogP contribution >= 0.6 is 0 Å². The number of nitrogens with two attached hydrogens (primary N) is 1. The molecule has 4 N–H and O–H groups in total. The van der Waals surface area contributed by atoms with Gasteiger partial charge in [0.15, 0.2) is 5.71 Å². The minimum atomic E-state index is -0.579. The van der Waals surface area contributed by atoms with E-state index >= 15 is 0 Å². The van der Waals surface area contributed by atoms with Crippen LogP contribution in [0.15, 0.2) is 71.1 Å². The van der Waals surface area contributed by atoms with Gasteiger partial charge in [-0.05, 0) is 74.2 Å². The maximum atomic E-state index is 12.3. The highest BCUT2D eigenvalue weighted by molar-refractivity contribution is 6.11. The molecule has 1 aliphatic rings. The molecule has 1 atom stereocenters. The number of aldehydes is 1. The zero-order valence-corrected chi connectivity index (χ0v) is 21.8. The van der Waals surface area contributed by atoms with Gasteiger partial charge in [0, 0.05) is 18.2 Å². The zero-order chi connectivity index (χ0) is 28.6. The van der Waals surface area contributed by atoms with Crippen molar-refractivity contribution in [1.29, 1.82) is 0 Å². The molecule has 2 rings (SSSR count). The van der Waals surface area contributed by atoms with Crippen molar-refractivity contribution in [1.82, 2.24) is 5.32 Å². The summed E-state index contributed by atoms with van der Waals surface area (Å²) >= 11 is 0. The molecule has 1 unspecified atom stereocenters. The van der Waals surface area contributed by atoms with Crippen LogP contribution in [0.2, 0.25) is 0 Å². The molecule has 0 aliphatic heterocycles. The Hall–Kier alpha value is -4.42. The summed E-state index contributed by atoms with van der Waals surface area (Å²) in [5.74, 6) is 4.27. The van der Waals surface area contributed by atoms with Gasteiger partial charge < -0.3 is 20.3 Å². The standard InChI is InChI=1S/C27H33N5O7/c1-3-38-27(35)21(16-18-33)11-8-20-9-12-22(13-10-20)30-25(34)7-5-4-6-17-29-23-14-15-24(32(36)37)26(19(23)2)31-39-28/h8-13,15-16,18,23,29H,2-7,14,17,28H2,1H3,(H,30,34)/b11-8+,21-16+,31-26+. The van der Waals surface area contributed by atoms with Crippen molar-refractivity contribution < 1.29 is 29.0 Å². The molecule has 0 aromatic heterocycles. The molecule has 0 radical (unpaired) electrons. The molecule has 208 valence electrons. The number of benzene rings is 1. The number of ether oxygens (including phenoxy) is 1. The van der Waals surface area contributed by atoms with Crippen LogP contribution in [-0.2, 0) is 24.1 Å². The third-order valence-corrected chi connectivity index (χ3v) is 5.73. The van der Waals surface area contributed by atoms with Crippen molar-refractivity contribution in [2.75, 3.05) is 18.5 Å². The Kier molecular flexibility index (Phi) is 13.0. The van der Waals surface area contributed by atoms with Crippen LogP contribution in [0.1, 0.15) is 44.6 Å². The lowest BCUT2D eigenvalue weighted by Gasteiger charge is -2.23. The molecule has 0 heterocycles. The molecule has 1 amide bonds. The van der Waals surface area contributed by atoms with Gasteiger partial charge in [0.1, 0.15) is 6.29 Å². The number of hydrogen-bond acceptors (Lipinski definition) is 10. The van der Waals surface area contributed by atoms with E-state index in [0.29, 0.717) is 43.4 Å². The number of hydrogen-bond donors (Lipinski definition) is 3. The maximum Gasteiger partial charge on any atom is 0.338 e. The second kappa shape index (κ2) is 16.4. The van der Waals surface area contributed by atoms with Crippen molar-refractivity contribution in [3.8, 4) is 0 Å². The second-order valence-electron chi connectivity index (χ2n) is 8.45. The third-order valence-electron chi connectivity index (χ3n) is 5.73. The van der Waals surface area contributed by atoms with E-state index in [1.807, 2.05) is 0 Å². The smallest absolute Gasteiger partial charge is 0.338 e. The molecular formula is C27H33N5O7. The highest BCUT2D eigenvalue weighted by atomic mass is 16.7. The number of carbonyl (C=O) groups is 3. The average Bonchev–Trinajstić information content (AvgIpc) is 2.91. The first-order valence-electron chi connectivity index (χ1n) is 12.4. The van der Waals surface area contributed by atoms with Crippen molar-refractivity contribution in [2.45, 2.75) is 45.1 Å². The lowest BCUT2D eigenvalue weighted by Crippen LogP contribution is -2.38. The zero-order valence-electron chi connectivity index (χ0n) is 21.8. The summed E-state index contributed by atoms with van der Waals surface area (Å²) in [6.45, 7) is 6.41. The lowest BCUT2D eigenvalue weighted by atomic mass is 9.92. The first-order chi connectivity index (χ1) is 18.8. The van der Waals surface area contributed by atoms with E-state index in [0.717, 1.165) is 24.5 Å². The van der Waals surface area contributed by atoms with Crippen LogP contribution in [0.3, 0.4) is 0 Å². The van der Waals surface area contributed by atoms with Crippen LogP contribution < -0.4 is 16.5 Å². The fourth-order valence-electron chi connectivity index (χ4n) is 3.75. The normalized spacial score (nSPS) is 16.6. The number of carbonyl (C=O) groups excluding carboxylic acids is 3. The van der Waals surface area contributed by atoms with E-state index in [9.17, 15) is 24.5 Å². The van der Waals surface area contributed by atoms with Gasteiger partial charge in [0.05, 0.1) is 17.1 Å². The Morgan fingerprint density at radius 2 is 2.00 bits per heavy atom. The van der Waals surface area contributed by atoms with Crippen molar-refractivity contribution in [2.24, 2.45) is 11.1 Å². The number of nitrogens with zero attached hydrogens (tertiary/aromatic N) is 2. The fourth-order valence-corrected chi connectivity index (χ4v) is 3.75. The number of esters is 1. The fraction of sp³-hybridized carbons (Fsp3) is 0.333. The topological polar surface area (TPSA) is 175 Å². The minimum Gasteiger partial charge on any atom is -0.462 e. The molecule has 1 aromatic carbocycles. The molecule has 0 fully saturated rings. The Morgan fingerprint density at radius 3 is 2.64 bits per heavy atom. The second-order valence-corrected chi connectivity index (χ2v) is 8.45. The van der Waals surface area contributed by atoms with Gasteiger partial charge in [-0.25, -0.2) is 4.79 Å². The number of nitro groups is 1. The van der Waals surface area contributed by atoms with Crippen LogP contribution in [0.25, 0.3) is 6.08 Å². The van der Waals surface area contributed by atoms with Gasteiger partial charge in [0.2, 0.25) is 5.91 Å². The van der Waals surface area contributed by atoms with E-state index in [1.165, 1.54) is 12.2 Å². The molecule has 0 saturated carbocycles. The lowest BCUT2D eigenvalue weighted by molar-refractivity contribution is -0.415. The van der Waals surface area contributed by atoms with Gasteiger partial charge in [-0.15, -0.1) is 5.90 Å². The van der Waals surface area contributed by atoms with Crippen LogP contribution in [0, 0.1) is 10.1 Å². The number of rotatable bonds is 15. The largest absolute Gasteiger partial charge is 0.462 e. The SMILES string of the molecule is C=C1/C(=N\ON)C([N+](=O)[O-])=CCC1NCCCCCC(=O)Nc1ccc(/C=C/C(=C\C=O)C(=O)OCC)cc1. The summed E-state index contributed by atoms with van der Waals surface area (Å²) in [6.07, 6.45) is 9.36. The Morgan fingerprint density at radius 1 is 1.26 bits per heavy atom. The number of nitrogens with one attached hydrogen (secondary N) is 2. The number of amides is 1. The van der Waals surface area contributed by atoms with Gasteiger partial charge in [-0.1, -0.05) is 36.4 Å². The molecule has 0 saturated heterocycles. The van der Waals surface area contributed by atoms with E-state index in [1.54, 1.807) is 37.3 Å². The quantitative estimate of drug-likeness (QED) is 0.0574. The molecular weight excluding hydrogens is 506 g/mol. The Balaban J connectivity index is 1.72. The van der Waals surface area contributed by atoms with Crippen LogP contribution in [0.4, 0.5) is 5.69 Å². The number of unbranched alkanes of at least 4 members (excludes halogenated alkanes) is 2. The van der Waals surface area contributed by atoms with E-state index < -0.39 is 10.9 Å². The molecule has 0 spiro atoms. The minimum absolute atomic E-state index is 0.0168. The first kappa shape index (κ1) is 30.8. The van der Waals surface area contributed by atoms with Crippen molar-refractivity contribution >= 4 is 35.6 Å². The van der Waals surface area contributed by atoms with E-state index in [4.69, 9.17) is 10.6 Å². The van der Waals surface area contributed by atoms with Crippen molar-refractivity contribution in [3.63, 3.8) is 0 Å². The predicted octanol–water partition coefficient (Wildman–Crippen LogP) is 3.21. The number of oxime groups is 1. The summed E-state index contributed by atoms with van der Waals surface area (Å²) in [4.78, 5) is 49.7. The molecule has 1 aromatic rings. The molecule has 39 heavy (non-hydrogen) atoms. The summed E-state index contributed by atoms with van der Waals surface area (Å²) in [5, 5.41) is 20.8. The summed E-state index contributed by atoms with van der Waals surface area (Å²) in [7, 11) is 0. The highest BCUT2D eigenvalue weighted by Crippen LogP contribution is 2.21. The van der Waals surface area contributed by atoms with Crippen LogP contribution in [-0.4, -0.2) is 48.0 Å². The van der Waals surface area contributed by atoms with Crippen LogP contribution in [0.5, 0.6) is 0 Å². The van der Waals surface area contributed by atoms with Gasteiger partial charge in [-0.3, -0.25) is 19.7 Å². The van der Waals surface area contributed by atoms with Crippen molar-refractivity contribution in [3.05, 3.63) is 81.6 Å².